The Morgan fingerprint density at radius 1 is 1.15 bits per heavy atom. The molecule has 0 saturated heterocycles. The molecule has 108 valence electrons. The molecule has 0 bridgehead atoms. The summed E-state index contributed by atoms with van der Waals surface area (Å²) in [6.07, 6.45) is 5.13. The second-order valence-electron chi connectivity index (χ2n) is 4.43. The first-order chi connectivity index (χ1) is 9.83. The van der Waals surface area contributed by atoms with Crippen LogP contribution in [-0.4, -0.2) is 34.0 Å². The molecule has 0 aliphatic carbocycles. The molecule has 0 radical (unpaired) electrons. The van der Waals surface area contributed by atoms with E-state index in [1.165, 1.54) is 0 Å². The molecule has 2 aromatic heterocycles. The number of hydrogen-bond donors (Lipinski definition) is 1. The summed E-state index contributed by atoms with van der Waals surface area (Å²) < 4.78 is 10.1. The van der Waals surface area contributed by atoms with Gasteiger partial charge in [0.2, 0.25) is 17.6 Å². The van der Waals surface area contributed by atoms with Crippen molar-refractivity contribution >= 4 is 0 Å². The fourth-order valence-electron chi connectivity index (χ4n) is 1.78. The van der Waals surface area contributed by atoms with Crippen molar-refractivity contribution in [2.45, 2.75) is 32.1 Å². The number of nitrogens with two attached hydrogens (primary N) is 1. The predicted molar refractivity (Wildman–Crippen MR) is 73.1 cm³/mol. The first-order valence-electron chi connectivity index (χ1n) is 6.74. The van der Waals surface area contributed by atoms with Gasteiger partial charge in [0.05, 0.1) is 7.11 Å². The Morgan fingerprint density at radius 3 is 2.70 bits per heavy atom. The van der Waals surface area contributed by atoms with Gasteiger partial charge in [-0.25, -0.2) is 0 Å². The van der Waals surface area contributed by atoms with Crippen molar-refractivity contribution in [3.05, 3.63) is 18.0 Å². The summed E-state index contributed by atoms with van der Waals surface area (Å²) in [4.78, 5) is 4.31. The van der Waals surface area contributed by atoms with Gasteiger partial charge in [-0.3, -0.25) is 0 Å². The Bertz CT molecular complexity index is 512. The molecule has 0 aliphatic heterocycles. The van der Waals surface area contributed by atoms with Gasteiger partial charge >= 0.3 is 0 Å². The largest absolute Gasteiger partial charge is 0.480 e. The van der Waals surface area contributed by atoms with Gasteiger partial charge in [0.1, 0.15) is 5.69 Å². The summed E-state index contributed by atoms with van der Waals surface area (Å²) in [5.41, 5.74) is 6.02. The van der Waals surface area contributed by atoms with Crippen molar-refractivity contribution < 1.29 is 9.26 Å². The molecule has 2 rings (SSSR count). The number of rotatable bonds is 8. The minimum atomic E-state index is 0.456. The predicted octanol–water partition coefficient (Wildman–Crippen LogP) is 1.60. The molecule has 7 heteroatoms. The third kappa shape index (κ3) is 3.99. The first-order valence-corrected chi connectivity index (χ1v) is 6.74. The average molecular weight is 277 g/mol. The second kappa shape index (κ2) is 7.54. The Hall–Kier alpha value is -2.02. The fraction of sp³-hybridized carbons (Fsp3) is 0.538. The highest BCUT2D eigenvalue weighted by atomic mass is 16.5. The molecule has 0 atom stereocenters. The van der Waals surface area contributed by atoms with Gasteiger partial charge in [-0.2, -0.15) is 4.98 Å². The number of ether oxygens (including phenoxy) is 1. The van der Waals surface area contributed by atoms with Crippen LogP contribution in [0, 0.1) is 0 Å². The van der Waals surface area contributed by atoms with Crippen molar-refractivity contribution in [1.29, 1.82) is 0 Å². The maximum atomic E-state index is 5.45. The first kappa shape index (κ1) is 14.4. The third-order valence-electron chi connectivity index (χ3n) is 2.89. The fourth-order valence-corrected chi connectivity index (χ4v) is 1.78. The lowest BCUT2D eigenvalue weighted by atomic mass is 10.1. The summed E-state index contributed by atoms with van der Waals surface area (Å²) in [5, 5.41) is 11.8. The monoisotopic (exact) mass is 277 g/mol. The molecule has 0 aromatic carbocycles. The number of methoxy groups -OCH3 is 1. The van der Waals surface area contributed by atoms with Gasteiger partial charge < -0.3 is 15.0 Å². The number of nitrogens with zero attached hydrogens (tertiary/aromatic N) is 4. The molecule has 0 saturated carbocycles. The standard InChI is InChI=1S/C13H19N5O2/c1-19-12-8-7-10(16-17-12)13-15-11(20-18-13)6-4-2-3-5-9-14/h7-8H,2-6,9,14H2,1H3. The highest BCUT2D eigenvalue weighted by molar-refractivity contribution is 5.47. The summed E-state index contributed by atoms with van der Waals surface area (Å²) in [6, 6.07) is 3.47. The highest BCUT2D eigenvalue weighted by Gasteiger charge is 2.10. The van der Waals surface area contributed by atoms with Crippen LogP contribution in [0.5, 0.6) is 5.88 Å². The molecule has 2 N–H and O–H groups in total. The van der Waals surface area contributed by atoms with Crippen molar-refractivity contribution in [2.24, 2.45) is 5.73 Å². The molecule has 0 spiro atoms. The van der Waals surface area contributed by atoms with Crippen molar-refractivity contribution in [1.82, 2.24) is 20.3 Å². The van der Waals surface area contributed by atoms with Crippen LogP contribution in [0.25, 0.3) is 11.5 Å². The van der Waals surface area contributed by atoms with Crippen LogP contribution in [0.15, 0.2) is 16.7 Å². The topological polar surface area (TPSA) is 100.0 Å². The zero-order valence-corrected chi connectivity index (χ0v) is 11.6. The average Bonchev–Trinajstić information content (AvgIpc) is 2.96. The van der Waals surface area contributed by atoms with E-state index in [9.17, 15) is 0 Å². The Morgan fingerprint density at radius 2 is 2.00 bits per heavy atom. The van der Waals surface area contributed by atoms with Crippen LogP contribution in [0.3, 0.4) is 0 Å². The van der Waals surface area contributed by atoms with E-state index in [-0.39, 0.29) is 0 Å². The minimum absolute atomic E-state index is 0.456. The Balaban J connectivity index is 1.87. The minimum Gasteiger partial charge on any atom is -0.480 e. The highest BCUT2D eigenvalue weighted by Crippen LogP contribution is 2.15. The van der Waals surface area contributed by atoms with Gasteiger partial charge in [0, 0.05) is 12.5 Å². The molecular weight excluding hydrogens is 258 g/mol. The zero-order valence-electron chi connectivity index (χ0n) is 11.6. The summed E-state index contributed by atoms with van der Waals surface area (Å²) >= 11 is 0. The van der Waals surface area contributed by atoms with Crippen molar-refractivity contribution in [3.8, 4) is 17.4 Å². The van der Waals surface area contributed by atoms with E-state index in [0.717, 1.165) is 38.6 Å². The lowest BCUT2D eigenvalue weighted by Gasteiger charge is -1.96. The number of aromatic nitrogens is 4. The van der Waals surface area contributed by atoms with Crippen LogP contribution >= 0.6 is 0 Å². The summed E-state index contributed by atoms with van der Waals surface area (Å²) in [7, 11) is 1.54. The second-order valence-corrected chi connectivity index (χ2v) is 4.43. The van der Waals surface area contributed by atoms with Crippen LogP contribution < -0.4 is 10.5 Å². The van der Waals surface area contributed by atoms with E-state index in [2.05, 4.69) is 20.3 Å². The molecule has 0 fully saturated rings. The lowest BCUT2D eigenvalue weighted by molar-refractivity contribution is 0.373. The van der Waals surface area contributed by atoms with E-state index in [0.29, 0.717) is 23.3 Å². The van der Waals surface area contributed by atoms with E-state index in [1.54, 1.807) is 19.2 Å². The summed E-state index contributed by atoms with van der Waals surface area (Å²) in [6.45, 7) is 0.751. The van der Waals surface area contributed by atoms with Crippen molar-refractivity contribution in [3.63, 3.8) is 0 Å². The third-order valence-corrected chi connectivity index (χ3v) is 2.89. The molecule has 2 heterocycles. The zero-order chi connectivity index (χ0) is 14.2. The van der Waals surface area contributed by atoms with Gasteiger partial charge in [0.25, 0.3) is 0 Å². The van der Waals surface area contributed by atoms with E-state index >= 15 is 0 Å². The maximum absolute atomic E-state index is 5.45. The molecule has 7 nitrogen and oxygen atoms in total. The van der Waals surface area contributed by atoms with Crippen LogP contribution in [0.4, 0.5) is 0 Å². The quantitative estimate of drug-likeness (QED) is 0.731. The maximum Gasteiger partial charge on any atom is 0.233 e. The molecule has 2 aromatic rings. The number of unbranched alkanes of at least 4 members (excludes halogenated alkanes) is 3. The van der Waals surface area contributed by atoms with E-state index in [4.69, 9.17) is 15.0 Å². The molecule has 20 heavy (non-hydrogen) atoms. The smallest absolute Gasteiger partial charge is 0.233 e. The number of aryl methyl sites for hydroxylation is 1. The SMILES string of the molecule is COc1ccc(-c2noc(CCCCCCN)n2)nn1. The summed E-state index contributed by atoms with van der Waals surface area (Å²) in [5.74, 6) is 1.54. The van der Waals surface area contributed by atoms with Crippen LogP contribution in [0.2, 0.25) is 0 Å². The van der Waals surface area contributed by atoms with Gasteiger partial charge in [-0.15, -0.1) is 10.2 Å². The van der Waals surface area contributed by atoms with Gasteiger partial charge in [-0.1, -0.05) is 18.0 Å². The van der Waals surface area contributed by atoms with E-state index < -0.39 is 0 Å². The Labute approximate surface area is 117 Å². The molecule has 0 amide bonds. The normalized spacial score (nSPS) is 10.7. The molecule has 0 aliphatic rings. The molecule has 0 unspecified atom stereocenters. The van der Waals surface area contributed by atoms with Crippen LogP contribution in [0.1, 0.15) is 31.6 Å². The van der Waals surface area contributed by atoms with E-state index in [1.807, 2.05) is 0 Å². The van der Waals surface area contributed by atoms with Crippen LogP contribution in [-0.2, 0) is 6.42 Å². The van der Waals surface area contributed by atoms with Gasteiger partial charge in [0.15, 0.2) is 0 Å². The Kier molecular flexibility index (Phi) is 5.43. The lowest BCUT2D eigenvalue weighted by Crippen LogP contribution is -1.97. The molecular formula is C13H19N5O2. The number of hydrogen-bond acceptors (Lipinski definition) is 7. The van der Waals surface area contributed by atoms with Crippen molar-refractivity contribution in [2.75, 3.05) is 13.7 Å². The van der Waals surface area contributed by atoms with Gasteiger partial charge in [-0.05, 0) is 25.5 Å².